The quantitative estimate of drug-likeness (QED) is 0.858. The molecule has 1 saturated carbocycles. The molecule has 4 heteroatoms. The summed E-state index contributed by atoms with van der Waals surface area (Å²) >= 11 is 0. The van der Waals surface area contributed by atoms with Crippen LogP contribution in [0.5, 0.6) is 0 Å². The third-order valence-electron chi connectivity index (χ3n) is 3.68. The number of aliphatic hydroxyl groups excluding tert-OH is 1. The van der Waals surface area contributed by atoms with Gasteiger partial charge in [0.25, 0.3) is 0 Å². The molecule has 104 valence electrons. The molecule has 3 nitrogen and oxygen atoms in total. The molecule has 2 rings (SSSR count). The van der Waals surface area contributed by atoms with E-state index in [1.54, 1.807) is 18.2 Å². The van der Waals surface area contributed by atoms with Gasteiger partial charge in [-0.25, -0.2) is 4.39 Å². The zero-order valence-electron chi connectivity index (χ0n) is 11.3. The van der Waals surface area contributed by atoms with Crippen molar-refractivity contribution in [2.45, 2.75) is 44.8 Å². The Balaban J connectivity index is 2.03. The van der Waals surface area contributed by atoms with Crippen LogP contribution in [0.4, 0.5) is 4.39 Å². The van der Waals surface area contributed by atoms with Gasteiger partial charge in [-0.15, -0.1) is 0 Å². The van der Waals surface area contributed by atoms with E-state index in [0.29, 0.717) is 5.56 Å². The lowest BCUT2D eigenvalue weighted by Gasteiger charge is -2.20. The summed E-state index contributed by atoms with van der Waals surface area (Å²) in [4.78, 5) is 11.9. The summed E-state index contributed by atoms with van der Waals surface area (Å²) < 4.78 is 13.8. The largest absolute Gasteiger partial charge is 0.392 e. The highest BCUT2D eigenvalue weighted by Gasteiger charge is 2.47. The lowest BCUT2D eigenvalue weighted by atomic mass is 10.0. The van der Waals surface area contributed by atoms with Gasteiger partial charge >= 0.3 is 0 Å². The molecule has 1 aromatic carbocycles. The summed E-state index contributed by atoms with van der Waals surface area (Å²) in [7, 11) is 0. The van der Waals surface area contributed by atoms with Crippen LogP contribution in [0.3, 0.4) is 0 Å². The van der Waals surface area contributed by atoms with Crippen LogP contribution in [0.1, 0.15) is 38.7 Å². The first kappa shape index (κ1) is 14.0. The van der Waals surface area contributed by atoms with E-state index in [-0.39, 0.29) is 24.1 Å². The molecular formula is C15H20FNO2. The number of amides is 1. The molecule has 0 heterocycles. The summed E-state index contributed by atoms with van der Waals surface area (Å²) in [5, 5.41) is 12.6. The summed E-state index contributed by atoms with van der Waals surface area (Å²) in [5.41, 5.74) is -0.0125. The van der Waals surface area contributed by atoms with Crippen molar-refractivity contribution >= 4 is 5.91 Å². The highest BCUT2D eigenvalue weighted by molar-refractivity contribution is 5.78. The van der Waals surface area contributed by atoms with Gasteiger partial charge in [0.1, 0.15) is 5.82 Å². The number of halogens is 1. The van der Waals surface area contributed by atoms with E-state index in [4.69, 9.17) is 0 Å². The lowest BCUT2D eigenvalue weighted by Crippen LogP contribution is -2.38. The minimum Gasteiger partial charge on any atom is -0.392 e. The highest BCUT2D eigenvalue weighted by Crippen LogP contribution is 2.46. The number of carbonyl (C=O) groups excluding carboxylic acids is 1. The molecule has 1 fully saturated rings. The van der Waals surface area contributed by atoms with E-state index in [0.717, 1.165) is 12.8 Å². The van der Waals surface area contributed by atoms with Gasteiger partial charge in [0.15, 0.2) is 0 Å². The van der Waals surface area contributed by atoms with Crippen molar-refractivity contribution in [3.8, 4) is 0 Å². The number of hydrogen-bond acceptors (Lipinski definition) is 2. The van der Waals surface area contributed by atoms with Crippen LogP contribution < -0.4 is 5.32 Å². The van der Waals surface area contributed by atoms with Gasteiger partial charge in [0.05, 0.1) is 18.1 Å². The molecule has 1 amide bonds. The van der Waals surface area contributed by atoms with Crippen molar-refractivity contribution in [1.29, 1.82) is 0 Å². The SMILES string of the molecule is CC(C)C(O)CC(=O)NC1(c2ccccc2F)CC1. The predicted octanol–water partition coefficient (Wildman–Crippen LogP) is 2.34. The molecule has 2 N–H and O–H groups in total. The summed E-state index contributed by atoms with van der Waals surface area (Å²) in [6, 6.07) is 6.53. The van der Waals surface area contributed by atoms with Crippen molar-refractivity contribution in [3.63, 3.8) is 0 Å². The standard InChI is InChI=1S/C15H20FNO2/c1-10(2)13(18)9-14(19)17-15(7-8-15)11-5-3-4-6-12(11)16/h3-6,10,13,18H,7-9H2,1-2H3,(H,17,19). The molecule has 1 aromatic rings. The van der Waals surface area contributed by atoms with Crippen LogP contribution in [-0.2, 0) is 10.3 Å². The Morgan fingerprint density at radius 1 is 1.42 bits per heavy atom. The van der Waals surface area contributed by atoms with Gasteiger partial charge in [-0.1, -0.05) is 32.0 Å². The maximum atomic E-state index is 13.8. The molecule has 0 saturated heterocycles. The van der Waals surface area contributed by atoms with Gasteiger partial charge in [-0.05, 0) is 24.8 Å². The Bertz CT molecular complexity index is 469. The van der Waals surface area contributed by atoms with Crippen molar-refractivity contribution in [3.05, 3.63) is 35.6 Å². The number of aliphatic hydroxyl groups is 1. The van der Waals surface area contributed by atoms with Gasteiger partial charge < -0.3 is 10.4 Å². The monoisotopic (exact) mass is 265 g/mol. The number of hydrogen-bond donors (Lipinski definition) is 2. The summed E-state index contributed by atoms with van der Waals surface area (Å²) in [6.45, 7) is 3.73. The van der Waals surface area contributed by atoms with Crippen molar-refractivity contribution in [1.82, 2.24) is 5.32 Å². The number of carbonyl (C=O) groups is 1. The smallest absolute Gasteiger partial charge is 0.223 e. The second-order valence-corrected chi connectivity index (χ2v) is 5.63. The first-order chi connectivity index (χ1) is 8.94. The average molecular weight is 265 g/mol. The van der Waals surface area contributed by atoms with Crippen LogP contribution in [0.15, 0.2) is 24.3 Å². The summed E-state index contributed by atoms with van der Waals surface area (Å²) in [6.07, 6.45) is 0.902. The zero-order chi connectivity index (χ0) is 14.0. The maximum absolute atomic E-state index is 13.8. The van der Waals surface area contributed by atoms with E-state index in [1.807, 2.05) is 13.8 Å². The van der Waals surface area contributed by atoms with E-state index in [9.17, 15) is 14.3 Å². The van der Waals surface area contributed by atoms with Crippen molar-refractivity contribution < 1.29 is 14.3 Å². The number of nitrogens with one attached hydrogen (secondary N) is 1. The molecule has 1 atom stereocenters. The predicted molar refractivity (Wildman–Crippen MR) is 70.9 cm³/mol. The first-order valence-electron chi connectivity index (χ1n) is 6.69. The van der Waals surface area contributed by atoms with Crippen molar-refractivity contribution in [2.75, 3.05) is 0 Å². The molecule has 0 spiro atoms. The van der Waals surface area contributed by atoms with E-state index in [1.165, 1.54) is 6.07 Å². The third-order valence-corrected chi connectivity index (χ3v) is 3.68. The van der Waals surface area contributed by atoms with E-state index >= 15 is 0 Å². The Morgan fingerprint density at radius 2 is 2.05 bits per heavy atom. The average Bonchev–Trinajstić information content (AvgIpc) is 3.09. The molecule has 0 aliphatic heterocycles. The molecule has 0 bridgehead atoms. The fraction of sp³-hybridized carbons (Fsp3) is 0.533. The Labute approximate surface area is 112 Å². The fourth-order valence-corrected chi connectivity index (χ4v) is 2.18. The van der Waals surface area contributed by atoms with Crippen LogP contribution >= 0.6 is 0 Å². The Kier molecular flexibility index (Phi) is 3.90. The minimum atomic E-state index is -0.656. The van der Waals surface area contributed by atoms with Gasteiger partial charge in [-0.3, -0.25) is 4.79 Å². The van der Waals surface area contributed by atoms with E-state index in [2.05, 4.69) is 5.32 Å². The van der Waals surface area contributed by atoms with Crippen LogP contribution in [0.25, 0.3) is 0 Å². The molecule has 1 aliphatic rings. The van der Waals surface area contributed by atoms with Crippen LogP contribution in [0, 0.1) is 11.7 Å². The normalized spacial score (nSPS) is 18.2. The molecule has 19 heavy (non-hydrogen) atoms. The first-order valence-corrected chi connectivity index (χ1v) is 6.69. The number of rotatable bonds is 5. The van der Waals surface area contributed by atoms with Crippen molar-refractivity contribution in [2.24, 2.45) is 5.92 Å². The molecule has 1 unspecified atom stereocenters. The highest BCUT2D eigenvalue weighted by atomic mass is 19.1. The summed E-state index contributed by atoms with van der Waals surface area (Å²) in [5.74, 6) is -0.471. The minimum absolute atomic E-state index is 0.0364. The Hall–Kier alpha value is -1.42. The molecule has 0 aromatic heterocycles. The van der Waals surface area contributed by atoms with E-state index < -0.39 is 11.6 Å². The molecular weight excluding hydrogens is 245 g/mol. The zero-order valence-corrected chi connectivity index (χ0v) is 11.3. The second kappa shape index (κ2) is 5.29. The second-order valence-electron chi connectivity index (χ2n) is 5.63. The third kappa shape index (κ3) is 3.13. The maximum Gasteiger partial charge on any atom is 0.223 e. The molecule has 0 radical (unpaired) electrons. The van der Waals surface area contributed by atoms with Crippen LogP contribution in [-0.4, -0.2) is 17.1 Å². The van der Waals surface area contributed by atoms with Gasteiger partial charge in [0.2, 0.25) is 5.91 Å². The Morgan fingerprint density at radius 3 is 2.58 bits per heavy atom. The van der Waals surface area contributed by atoms with Gasteiger partial charge in [-0.2, -0.15) is 0 Å². The van der Waals surface area contributed by atoms with Crippen LogP contribution in [0.2, 0.25) is 0 Å². The topological polar surface area (TPSA) is 49.3 Å². The molecule has 1 aliphatic carbocycles. The number of benzene rings is 1. The van der Waals surface area contributed by atoms with Gasteiger partial charge in [0, 0.05) is 5.56 Å². The lowest BCUT2D eigenvalue weighted by molar-refractivity contribution is -0.124. The fourth-order valence-electron chi connectivity index (χ4n) is 2.18.